The summed E-state index contributed by atoms with van der Waals surface area (Å²) in [4.78, 5) is 3.04. The van der Waals surface area contributed by atoms with E-state index in [-0.39, 0.29) is 0 Å². The molecule has 0 amide bonds. The van der Waals surface area contributed by atoms with Crippen molar-refractivity contribution in [3.63, 3.8) is 0 Å². The van der Waals surface area contributed by atoms with E-state index in [4.69, 9.17) is 6.57 Å². The third-order valence-corrected chi connectivity index (χ3v) is 0.270. The standard InChI is InChI=1S/C4H6N/c1-3-4-5-2/h1,3-4H2. The first-order chi connectivity index (χ1) is 2.41. The number of hydrogen-bond acceptors (Lipinski definition) is 0. The van der Waals surface area contributed by atoms with E-state index >= 15 is 0 Å². The molecule has 0 spiro atoms. The number of rotatable bonds is 1. The Morgan fingerprint density at radius 2 is 2.40 bits per heavy atom. The monoisotopic (exact) mass is 68.1 g/mol. The Kier molecular flexibility index (Phi) is 3.13. The number of nitrogens with zero attached hydrogens (tertiary/aromatic N) is 1. The molecule has 0 aliphatic heterocycles. The van der Waals surface area contributed by atoms with Gasteiger partial charge in [0.15, 0.2) is 0 Å². The van der Waals surface area contributed by atoms with Gasteiger partial charge in [-0.05, 0) is 6.92 Å². The van der Waals surface area contributed by atoms with E-state index in [9.17, 15) is 0 Å². The smallest absolute Gasteiger partial charge is 0.214 e. The van der Waals surface area contributed by atoms with Crippen LogP contribution in [0.25, 0.3) is 4.85 Å². The third kappa shape index (κ3) is 3.49. The summed E-state index contributed by atoms with van der Waals surface area (Å²) >= 11 is 0. The van der Waals surface area contributed by atoms with Gasteiger partial charge >= 0.3 is 0 Å². The zero-order valence-corrected chi connectivity index (χ0v) is 3.07. The maximum Gasteiger partial charge on any atom is 0.214 e. The molecule has 0 atom stereocenters. The molecule has 27 valence electrons. The van der Waals surface area contributed by atoms with Gasteiger partial charge < -0.3 is 4.85 Å². The van der Waals surface area contributed by atoms with Gasteiger partial charge in [-0.3, -0.25) is 0 Å². The van der Waals surface area contributed by atoms with Gasteiger partial charge in [0, 0.05) is 6.42 Å². The molecule has 0 aromatic heterocycles. The SMILES string of the molecule is [C-]#[N+]CC[CH2]. The van der Waals surface area contributed by atoms with Crippen LogP contribution in [-0.2, 0) is 0 Å². The highest BCUT2D eigenvalue weighted by Crippen LogP contribution is 1.70. The predicted octanol–water partition coefficient (Wildman–Crippen LogP) is 1.13. The van der Waals surface area contributed by atoms with Gasteiger partial charge in [0.05, 0.1) is 0 Å². The molecule has 0 fully saturated rings. The van der Waals surface area contributed by atoms with E-state index in [1.807, 2.05) is 0 Å². The molecule has 1 nitrogen and oxygen atoms in total. The van der Waals surface area contributed by atoms with E-state index in [2.05, 4.69) is 11.8 Å². The van der Waals surface area contributed by atoms with Gasteiger partial charge in [0.2, 0.25) is 6.54 Å². The first kappa shape index (κ1) is 4.49. The molecular weight excluding hydrogens is 62.1 g/mol. The van der Waals surface area contributed by atoms with Crippen molar-refractivity contribution in [2.45, 2.75) is 6.42 Å². The van der Waals surface area contributed by atoms with Crippen molar-refractivity contribution in [2.24, 2.45) is 0 Å². The first-order valence-corrected chi connectivity index (χ1v) is 1.54. The molecule has 0 N–H and O–H groups in total. The summed E-state index contributed by atoms with van der Waals surface area (Å²) in [6, 6.07) is 0. The lowest BCUT2D eigenvalue weighted by molar-refractivity contribution is 1.14. The minimum Gasteiger partial charge on any atom is -0.317 e. The Morgan fingerprint density at radius 1 is 1.80 bits per heavy atom. The van der Waals surface area contributed by atoms with Crippen LogP contribution in [-0.4, -0.2) is 6.54 Å². The van der Waals surface area contributed by atoms with Crippen LogP contribution in [0.15, 0.2) is 0 Å². The summed E-state index contributed by atoms with van der Waals surface area (Å²) in [6.07, 6.45) is 0.740. The molecule has 0 saturated heterocycles. The van der Waals surface area contributed by atoms with Crippen molar-refractivity contribution in [3.05, 3.63) is 18.3 Å². The van der Waals surface area contributed by atoms with E-state index in [0.717, 1.165) is 6.42 Å². The average molecular weight is 68.1 g/mol. The Balaban J connectivity index is 2.48. The molecule has 0 aliphatic carbocycles. The van der Waals surface area contributed by atoms with E-state index in [1.54, 1.807) is 0 Å². The van der Waals surface area contributed by atoms with Gasteiger partial charge in [-0.25, -0.2) is 6.57 Å². The summed E-state index contributed by atoms with van der Waals surface area (Å²) < 4.78 is 0. The second-order valence-electron chi connectivity index (χ2n) is 0.735. The topological polar surface area (TPSA) is 4.36 Å². The van der Waals surface area contributed by atoms with Gasteiger partial charge in [-0.2, -0.15) is 0 Å². The fraction of sp³-hybridized carbons (Fsp3) is 0.500. The zero-order valence-electron chi connectivity index (χ0n) is 3.07. The molecule has 0 aromatic carbocycles. The molecule has 5 heavy (non-hydrogen) atoms. The summed E-state index contributed by atoms with van der Waals surface area (Å²) in [5, 5.41) is 0. The minimum absolute atomic E-state index is 0.569. The van der Waals surface area contributed by atoms with Crippen LogP contribution in [0.1, 0.15) is 6.42 Å². The average Bonchev–Trinajstić information content (AvgIpc) is 1.41. The fourth-order valence-electron chi connectivity index (χ4n) is 0.0791. The molecule has 1 radical (unpaired) electrons. The maximum absolute atomic E-state index is 6.19. The van der Waals surface area contributed by atoms with Gasteiger partial charge in [-0.15, -0.1) is 0 Å². The minimum atomic E-state index is 0.569. The lowest BCUT2D eigenvalue weighted by Crippen LogP contribution is -1.63. The zero-order chi connectivity index (χ0) is 4.12. The van der Waals surface area contributed by atoms with Gasteiger partial charge in [0.1, 0.15) is 0 Å². The summed E-state index contributed by atoms with van der Waals surface area (Å²) in [6.45, 7) is 10.2. The lowest BCUT2D eigenvalue weighted by Gasteiger charge is -1.65. The van der Waals surface area contributed by atoms with Crippen LogP contribution < -0.4 is 0 Å². The van der Waals surface area contributed by atoms with Crippen LogP contribution >= 0.6 is 0 Å². The largest absolute Gasteiger partial charge is 0.317 e. The quantitative estimate of drug-likeness (QED) is 0.406. The Labute approximate surface area is 32.4 Å². The Hall–Kier alpha value is -0.510. The molecule has 0 aliphatic rings. The maximum atomic E-state index is 6.19. The van der Waals surface area contributed by atoms with Crippen molar-refractivity contribution in [2.75, 3.05) is 6.54 Å². The van der Waals surface area contributed by atoms with Crippen LogP contribution in [0, 0.1) is 13.5 Å². The summed E-state index contributed by atoms with van der Waals surface area (Å²) in [5.41, 5.74) is 0. The van der Waals surface area contributed by atoms with Gasteiger partial charge in [-0.1, -0.05) is 0 Å². The van der Waals surface area contributed by atoms with Crippen molar-refractivity contribution in [3.8, 4) is 0 Å². The first-order valence-electron chi connectivity index (χ1n) is 1.54. The highest BCUT2D eigenvalue weighted by molar-refractivity contribution is 4.57. The Morgan fingerprint density at radius 3 is 2.40 bits per heavy atom. The van der Waals surface area contributed by atoms with Crippen molar-refractivity contribution < 1.29 is 0 Å². The van der Waals surface area contributed by atoms with Crippen LogP contribution in [0.2, 0.25) is 0 Å². The van der Waals surface area contributed by atoms with Crippen molar-refractivity contribution in [1.29, 1.82) is 0 Å². The van der Waals surface area contributed by atoms with E-state index in [0.29, 0.717) is 6.54 Å². The van der Waals surface area contributed by atoms with E-state index in [1.165, 1.54) is 0 Å². The lowest BCUT2D eigenvalue weighted by atomic mass is 10.5. The van der Waals surface area contributed by atoms with E-state index < -0.39 is 0 Å². The molecule has 0 heterocycles. The van der Waals surface area contributed by atoms with Crippen LogP contribution in [0.5, 0.6) is 0 Å². The summed E-state index contributed by atoms with van der Waals surface area (Å²) in [5.74, 6) is 0. The second kappa shape index (κ2) is 3.49. The molecule has 1 heteroatoms. The molecule has 0 saturated carbocycles. The highest BCUT2D eigenvalue weighted by Gasteiger charge is 1.68. The molecule has 0 bridgehead atoms. The van der Waals surface area contributed by atoms with Crippen LogP contribution in [0.4, 0.5) is 0 Å². The van der Waals surface area contributed by atoms with Gasteiger partial charge in [0.25, 0.3) is 0 Å². The third-order valence-electron chi connectivity index (χ3n) is 0.270. The summed E-state index contributed by atoms with van der Waals surface area (Å²) in [7, 11) is 0. The highest BCUT2D eigenvalue weighted by atomic mass is 14.6. The molecular formula is C4H6N. The molecule has 0 unspecified atom stereocenters. The van der Waals surface area contributed by atoms with Crippen molar-refractivity contribution >= 4 is 0 Å². The fourth-order valence-corrected chi connectivity index (χ4v) is 0.0791. The number of hydrogen-bond donors (Lipinski definition) is 0. The van der Waals surface area contributed by atoms with Crippen molar-refractivity contribution in [1.82, 2.24) is 0 Å². The molecule has 0 aromatic rings. The second-order valence-corrected chi connectivity index (χ2v) is 0.735. The Bertz CT molecular complexity index is 42.1. The van der Waals surface area contributed by atoms with Crippen LogP contribution in [0.3, 0.4) is 0 Å². The molecule has 0 rings (SSSR count). The predicted molar refractivity (Wildman–Crippen MR) is 21.4 cm³/mol. The normalized spacial score (nSPS) is 6.40.